The molecule has 0 aliphatic heterocycles. The van der Waals surface area contributed by atoms with Crippen molar-refractivity contribution in [3.63, 3.8) is 0 Å². The van der Waals surface area contributed by atoms with E-state index in [1.165, 1.54) is 0 Å². The predicted octanol–water partition coefficient (Wildman–Crippen LogP) is 1.87. The van der Waals surface area contributed by atoms with Crippen molar-refractivity contribution in [1.29, 1.82) is 0 Å². The van der Waals surface area contributed by atoms with Crippen LogP contribution in [0.4, 0.5) is 0 Å². The molecule has 4 heteroatoms. The van der Waals surface area contributed by atoms with Crippen molar-refractivity contribution in [2.45, 2.75) is 6.92 Å². The van der Waals surface area contributed by atoms with Crippen molar-refractivity contribution in [3.05, 3.63) is 29.8 Å². The highest BCUT2D eigenvalue weighted by atomic mass is 16.7. The molecular weight excluding hydrogens is 182 g/mol. The lowest BCUT2D eigenvalue weighted by atomic mass is 10.1. The molecule has 0 spiro atoms. The summed E-state index contributed by atoms with van der Waals surface area (Å²) in [6.07, 6.45) is 0. The summed E-state index contributed by atoms with van der Waals surface area (Å²) in [5.41, 5.74) is 1.37. The first kappa shape index (κ1) is 10.5. The highest BCUT2D eigenvalue weighted by Crippen LogP contribution is 2.13. The van der Waals surface area contributed by atoms with Gasteiger partial charge in [-0.2, -0.15) is 0 Å². The SMILES string of the molecule is COCOc1cccc(/C(C)=N/O)c1. The molecule has 1 N–H and O–H groups in total. The Morgan fingerprint density at radius 2 is 2.29 bits per heavy atom. The molecule has 0 heterocycles. The molecule has 0 radical (unpaired) electrons. The van der Waals surface area contributed by atoms with E-state index in [0.29, 0.717) is 11.5 Å². The fourth-order valence-electron chi connectivity index (χ4n) is 0.996. The van der Waals surface area contributed by atoms with E-state index in [4.69, 9.17) is 14.7 Å². The molecule has 0 aromatic heterocycles. The third-order valence-corrected chi connectivity index (χ3v) is 1.75. The van der Waals surface area contributed by atoms with Crippen LogP contribution < -0.4 is 4.74 Å². The van der Waals surface area contributed by atoms with Gasteiger partial charge < -0.3 is 14.7 Å². The summed E-state index contributed by atoms with van der Waals surface area (Å²) in [5.74, 6) is 0.687. The van der Waals surface area contributed by atoms with Gasteiger partial charge >= 0.3 is 0 Å². The first-order valence-electron chi connectivity index (χ1n) is 4.18. The first-order valence-corrected chi connectivity index (χ1v) is 4.18. The smallest absolute Gasteiger partial charge is 0.188 e. The fraction of sp³-hybridized carbons (Fsp3) is 0.300. The molecule has 76 valence electrons. The van der Waals surface area contributed by atoms with Crippen LogP contribution in [0, 0.1) is 0 Å². The Labute approximate surface area is 82.8 Å². The molecule has 0 aliphatic rings. The Balaban J connectivity index is 2.79. The van der Waals surface area contributed by atoms with E-state index in [1.807, 2.05) is 18.2 Å². The molecule has 1 aromatic carbocycles. The molecule has 0 aliphatic carbocycles. The minimum Gasteiger partial charge on any atom is -0.468 e. The summed E-state index contributed by atoms with van der Waals surface area (Å²) in [7, 11) is 1.56. The zero-order valence-electron chi connectivity index (χ0n) is 8.23. The fourth-order valence-corrected chi connectivity index (χ4v) is 0.996. The van der Waals surface area contributed by atoms with Crippen LogP contribution in [0.25, 0.3) is 0 Å². The van der Waals surface area contributed by atoms with Crippen LogP contribution in [0.1, 0.15) is 12.5 Å². The second-order valence-corrected chi connectivity index (χ2v) is 2.76. The molecule has 1 aromatic rings. The maximum Gasteiger partial charge on any atom is 0.188 e. The lowest BCUT2D eigenvalue weighted by Crippen LogP contribution is -2.00. The first-order chi connectivity index (χ1) is 6.77. The largest absolute Gasteiger partial charge is 0.468 e. The second-order valence-electron chi connectivity index (χ2n) is 2.76. The number of rotatable bonds is 4. The van der Waals surface area contributed by atoms with Gasteiger partial charge in [0, 0.05) is 12.7 Å². The monoisotopic (exact) mass is 195 g/mol. The average molecular weight is 195 g/mol. The van der Waals surface area contributed by atoms with Crippen molar-refractivity contribution in [3.8, 4) is 5.75 Å². The van der Waals surface area contributed by atoms with Crippen LogP contribution in [0.2, 0.25) is 0 Å². The minimum atomic E-state index is 0.207. The minimum absolute atomic E-state index is 0.207. The summed E-state index contributed by atoms with van der Waals surface area (Å²) < 4.78 is 10.0. The maximum atomic E-state index is 8.58. The van der Waals surface area contributed by atoms with Gasteiger partial charge in [-0.15, -0.1) is 0 Å². The van der Waals surface area contributed by atoms with E-state index in [-0.39, 0.29) is 6.79 Å². The van der Waals surface area contributed by atoms with Gasteiger partial charge in [-0.05, 0) is 19.1 Å². The van der Waals surface area contributed by atoms with Crippen LogP contribution in [0.3, 0.4) is 0 Å². The quantitative estimate of drug-likeness (QED) is 0.345. The molecule has 14 heavy (non-hydrogen) atoms. The van der Waals surface area contributed by atoms with Crippen molar-refractivity contribution >= 4 is 5.71 Å². The lowest BCUT2D eigenvalue weighted by Gasteiger charge is -2.05. The number of oxime groups is 1. The zero-order chi connectivity index (χ0) is 10.4. The molecule has 0 bridgehead atoms. The molecule has 4 nitrogen and oxygen atoms in total. The predicted molar refractivity (Wildman–Crippen MR) is 52.9 cm³/mol. The van der Waals surface area contributed by atoms with E-state index in [1.54, 1.807) is 20.1 Å². The number of hydrogen-bond donors (Lipinski definition) is 1. The van der Waals surface area contributed by atoms with Crippen molar-refractivity contribution in [1.82, 2.24) is 0 Å². The summed E-state index contributed by atoms with van der Waals surface area (Å²) >= 11 is 0. The normalized spacial score (nSPS) is 11.4. The third-order valence-electron chi connectivity index (χ3n) is 1.75. The molecule has 0 saturated heterocycles. The van der Waals surface area contributed by atoms with Gasteiger partial charge in [0.1, 0.15) is 5.75 Å². The van der Waals surface area contributed by atoms with Gasteiger partial charge in [-0.25, -0.2) is 0 Å². The van der Waals surface area contributed by atoms with Crippen molar-refractivity contribution in [2.24, 2.45) is 5.16 Å². The average Bonchev–Trinajstić information content (AvgIpc) is 2.25. The molecule has 1 rings (SSSR count). The summed E-state index contributed by atoms with van der Waals surface area (Å²) in [4.78, 5) is 0. The Morgan fingerprint density at radius 1 is 1.50 bits per heavy atom. The number of methoxy groups -OCH3 is 1. The number of hydrogen-bond acceptors (Lipinski definition) is 4. The molecule has 0 atom stereocenters. The van der Waals surface area contributed by atoms with E-state index in [2.05, 4.69) is 5.16 Å². The molecule has 0 amide bonds. The molecular formula is C10H13NO3. The Morgan fingerprint density at radius 3 is 2.93 bits per heavy atom. The van der Waals surface area contributed by atoms with Crippen LogP contribution >= 0.6 is 0 Å². The molecule has 0 fully saturated rings. The van der Waals surface area contributed by atoms with Crippen molar-refractivity contribution < 1.29 is 14.7 Å². The van der Waals surface area contributed by atoms with Gasteiger partial charge in [0.05, 0.1) is 5.71 Å². The standard InChI is InChI=1S/C10H13NO3/c1-8(11-12)9-4-3-5-10(6-9)14-7-13-2/h3-6,12H,7H2,1-2H3/b11-8+. The van der Waals surface area contributed by atoms with Gasteiger partial charge in [-0.3, -0.25) is 0 Å². The van der Waals surface area contributed by atoms with Crippen molar-refractivity contribution in [2.75, 3.05) is 13.9 Å². The summed E-state index contributed by atoms with van der Waals surface area (Å²) in [6, 6.07) is 7.27. The van der Waals surface area contributed by atoms with E-state index in [9.17, 15) is 0 Å². The van der Waals surface area contributed by atoms with Gasteiger partial charge in [0.2, 0.25) is 0 Å². The summed E-state index contributed by atoms with van der Waals surface area (Å²) in [6.45, 7) is 1.92. The summed E-state index contributed by atoms with van der Waals surface area (Å²) in [5, 5.41) is 11.7. The van der Waals surface area contributed by atoms with Crippen LogP contribution in [0.15, 0.2) is 29.4 Å². The highest BCUT2D eigenvalue weighted by molar-refractivity contribution is 5.98. The number of ether oxygens (including phenoxy) is 2. The van der Waals surface area contributed by atoms with E-state index < -0.39 is 0 Å². The van der Waals surface area contributed by atoms with Gasteiger partial charge in [0.25, 0.3) is 0 Å². The van der Waals surface area contributed by atoms with Crippen LogP contribution in [-0.2, 0) is 4.74 Å². The number of benzene rings is 1. The topological polar surface area (TPSA) is 51.0 Å². The second kappa shape index (κ2) is 5.24. The van der Waals surface area contributed by atoms with E-state index in [0.717, 1.165) is 5.56 Å². The Bertz CT molecular complexity index is 323. The van der Waals surface area contributed by atoms with Crippen LogP contribution in [0.5, 0.6) is 5.75 Å². The Kier molecular flexibility index (Phi) is 3.94. The maximum absolute atomic E-state index is 8.58. The zero-order valence-corrected chi connectivity index (χ0v) is 8.23. The van der Waals surface area contributed by atoms with Crippen LogP contribution in [-0.4, -0.2) is 24.8 Å². The van der Waals surface area contributed by atoms with Gasteiger partial charge in [0.15, 0.2) is 6.79 Å². The third kappa shape index (κ3) is 2.74. The molecule has 0 unspecified atom stereocenters. The van der Waals surface area contributed by atoms with Gasteiger partial charge in [-0.1, -0.05) is 17.3 Å². The Hall–Kier alpha value is -1.55. The molecule has 0 saturated carbocycles. The lowest BCUT2D eigenvalue weighted by molar-refractivity contribution is 0.0511. The van der Waals surface area contributed by atoms with E-state index >= 15 is 0 Å². The number of nitrogens with zero attached hydrogens (tertiary/aromatic N) is 1. The highest BCUT2D eigenvalue weighted by Gasteiger charge is 1.99.